The zero-order valence-corrected chi connectivity index (χ0v) is 15.0. The van der Waals surface area contributed by atoms with Crippen molar-refractivity contribution in [1.29, 1.82) is 0 Å². The van der Waals surface area contributed by atoms with Crippen LogP contribution in [0.4, 0.5) is 0 Å². The van der Waals surface area contributed by atoms with Crippen LogP contribution in [0.3, 0.4) is 0 Å². The monoisotopic (exact) mass is 329 g/mol. The molecule has 0 radical (unpaired) electrons. The maximum atomic E-state index is 5.55. The van der Waals surface area contributed by atoms with Crippen molar-refractivity contribution in [1.82, 2.24) is 14.8 Å². The quantitative estimate of drug-likeness (QED) is 0.830. The molecule has 0 N–H and O–H groups in total. The van der Waals surface area contributed by atoms with Gasteiger partial charge in [-0.1, -0.05) is 12.5 Å². The van der Waals surface area contributed by atoms with E-state index in [1.54, 1.807) is 0 Å². The average Bonchev–Trinajstić information content (AvgIpc) is 2.87. The van der Waals surface area contributed by atoms with Crippen LogP contribution in [0.1, 0.15) is 44.1 Å². The summed E-state index contributed by atoms with van der Waals surface area (Å²) in [6.45, 7) is 5.72. The largest absolute Gasteiger partial charge is 0.383 e. The minimum absolute atomic E-state index is 0.519. The first-order chi connectivity index (χ1) is 11.8. The number of likely N-dealkylation sites (tertiary alicyclic amines) is 2. The fourth-order valence-electron chi connectivity index (χ4n) is 5.00. The number of pyridine rings is 1. The third-order valence-corrected chi connectivity index (χ3v) is 6.64. The number of hydrogen-bond acceptors (Lipinski definition) is 4. The van der Waals surface area contributed by atoms with Gasteiger partial charge in [-0.15, -0.1) is 0 Å². The highest BCUT2D eigenvalue weighted by Gasteiger charge is 2.46. The number of hydrogen-bond donors (Lipinski definition) is 0. The summed E-state index contributed by atoms with van der Waals surface area (Å²) in [6.07, 6.45) is 12.2. The van der Waals surface area contributed by atoms with Gasteiger partial charge in [-0.05, 0) is 62.2 Å². The Bertz CT molecular complexity index is 523. The van der Waals surface area contributed by atoms with E-state index < -0.39 is 0 Å². The molecule has 0 amide bonds. The second-order valence-electron chi connectivity index (χ2n) is 8.20. The standard InChI is InChI=1S/C20H31N3O/c1-24-15-19-12-20(7-10-22(11-8-20)18-5-2-6-18)16-23(19)14-17-4-3-9-21-13-17/h3-4,9,13,18-19H,2,5-8,10-12,14-16H2,1H3. The molecule has 1 saturated carbocycles. The third-order valence-electron chi connectivity index (χ3n) is 6.64. The molecule has 4 nitrogen and oxygen atoms in total. The van der Waals surface area contributed by atoms with Gasteiger partial charge in [0.2, 0.25) is 0 Å². The van der Waals surface area contributed by atoms with Crippen molar-refractivity contribution in [2.45, 2.75) is 57.2 Å². The Balaban J connectivity index is 1.40. The fraction of sp³-hybridized carbons (Fsp3) is 0.750. The van der Waals surface area contributed by atoms with Gasteiger partial charge < -0.3 is 9.64 Å². The van der Waals surface area contributed by atoms with Crippen molar-refractivity contribution >= 4 is 0 Å². The molecular formula is C20H31N3O. The van der Waals surface area contributed by atoms with Crippen LogP contribution in [0.15, 0.2) is 24.5 Å². The van der Waals surface area contributed by atoms with Crippen molar-refractivity contribution < 1.29 is 4.74 Å². The second kappa shape index (κ2) is 7.11. The summed E-state index contributed by atoms with van der Waals surface area (Å²) < 4.78 is 5.55. The van der Waals surface area contributed by atoms with E-state index >= 15 is 0 Å². The van der Waals surface area contributed by atoms with E-state index in [0.29, 0.717) is 11.5 Å². The van der Waals surface area contributed by atoms with Crippen molar-refractivity contribution in [3.63, 3.8) is 0 Å². The molecular weight excluding hydrogens is 298 g/mol. The first kappa shape index (κ1) is 16.5. The Morgan fingerprint density at radius 3 is 2.75 bits per heavy atom. The molecule has 1 atom stereocenters. The van der Waals surface area contributed by atoms with Crippen LogP contribution >= 0.6 is 0 Å². The minimum Gasteiger partial charge on any atom is -0.383 e. The van der Waals surface area contributed by atoms with Crippen LogP contribution in [0.25, 0.3) is 0 Å². The summed E-state index contributed by atoms with van der Waals surface area (Å²) in [4.78, 5) is 9.70. The van der Waals surface area contributed by atoms with Gasteiger partial charge in [0.25, 0.3) is 0 Å². The number of nitrogens with zero attached hydrogens (tertiary/aromatic N) is 3. The SMILES string of the molecule is COCC1CC2(CCN(C3CCC3)CC2)CN1Cc1cccnc1. The Morgan fingerprint density at radius 2 is 2.12 bits per heavy atom. The zero-order valence-electron chi connectivity index (χ0n) is 15.0. The van der Waals surface area contributed by atoms with Crippen LogP contribution in [0, 0.1) is 5.41 Å². The summed E-state index contributed by atoms with van der Waals surface area (Å²) in [5, 5.41) is 0. The van der Waals surface area contributed by atoms with Gasteiger partial charge in [0.05, 0.1) is 6.61 Å². The molecule has 3 aliphatic rings. The molecule has 4 rings (SSSR count). The molecule has 1 aromatic rings. The Morgan fingerprint density at radius 1 is 1.29 bits per heavy atom. The molecule has 1 aromatic heterocycles. The highest BCUT2D eigenvalue weighted by Crippen LogP contribution is 2.45. The lowest BCUT2D eigenvalue weighted by atomic mass is 9.75. The lowest BCUT2D eigenvalue weighted by Crippen LogP contribution is -2.48. The Hall–Kier alpha value is -0.970. The molecule has 4 heteroatoms. The normalized spacial score (nSPS) is 28.3. The van der Waals surface area contributed by atoms with E-state index in [4.69, 9.17) is 4.74 Å². The predicted octanol–water partition coefficient (Wildman–Crippen LogP) is 2.94. The molecule has 2 saturated heterocycles. The van der Waals surface area contributed by atoms with Crippen molar-refractivity contribution in [3.05, 3.63) is 30.1 Å². The minimum atomic E-state index is 0.519. The topological polar surface area (TPSA) is 28.6 Å². The number of aromatic nitrogens is 1. The first-order valence-electron chi connectivity index (χ1n) is 9.64. The summed E-state index contributed by atoms with van der Waals surface area (Å²) >= 11 is 0. The molecule has 132 valence electrons. The van der Waals surface area contributed by atoms with Crippen molar-refractivity contribution in [2.24, 2.45) is 5.41 Å². The van der Waals surface area contributed by atoms with E-state index in [9.17, 15) is 0 Å². The molecule has 1 unspecified atom stereocenters. The summed E-state index contributed by atoms with van der Waals surface area (Å²) in [5.41, 5.74) is 1.84. The van der Waals surface area contributed by atoms with Gasteiger partial charge >= 0.3 is 0 Å². The number of piperidine rings is 1. The highest BCUT2D eigenvalue weighted by atomic mass is 16.5. The van der Waals surface area contributed by atoms with Gasteiger partial charge in [0, 0.05) is 44.7 Å². The summed E-state index contributed by atoms with van der Waals surface area (Å²) in [6, 6.07) is 5.71. The first-order valence-corrected chi connectivity index (χ1v) is 9.64. The second-order valence-corrected chi connectivity index (χ2v) is 8.20. The van der Waals surface area contributed by atoms with Gasteiger partial charge in [0.1, 0.15) is 0 Å². The highest BCUT2D eigenvalue weighted by molar-refractivity contribution is 5.10. The molecule has 0 aromatic carbocycles. The maximum absolute atomic E-state index is 5.55. The number of rotatable bonds is 5. The fourth-order valence-corrected chi connectivity index (χ4v) is 5.00. The van der Waals surface area contributed by atoms with E-state index in [0.717, 1.165) is 19.2 Å². The zero-order chi connectivity index (χ0) is 16.4. The molecule has 1 spiro atoms. The van der Waals surface area contributed by atoms with Crippen molar-refractivity contribution in [3.8, 4) is 0 Å². The van der Waals surface area contributed by atoms with E-state index in [2.05, 4.69) is 20.9 Å². The molecule has 1 aliphatic carbocycles. The maximum Gasteiger partial charge on any atom is 0.0618 e. The summed E-state index contributed by atoms with van der Waals surface area (Å²) in [7, 11) is 1.84. The van der Waals surface area contributed by atoms with Crippen LogP contribution in [0.5, 0.6) is 0 Å². The van der Waals surface area contributed by atoms with Gasteiger partial charge in [-0.25, -0.2) is 0 Å². The van der Waals surface area contributed by atoms with Gasteiger partial charge in [-0.3, -0.25) is 9.88 Å². The molecule has 24 heavy (non-hydrogen) atoms. The lowest BCUT2D eigenvalue weighted by Gasteiger charge is -2.45. The molecule has 0 bridgehead atoms. The van der Waals surface area contributed by atoms with Crippen LogP contribution < -0.4 is 0 Å². The lowest BCUT2D eigenvalue weighted by molar-refractivity contribution is 0.0462. The van der Waals surface area contributed by atoms with Crippen LogP contribution in [-0.2, 0) is 11.3 Å². The molecule has 3 heterocycles. The van der Waals surface area contributed by atoms with Gasteiger partial charge in [0.15, 0.2) is 0 Å². The number of methoxy groups -OCH3 is 1. The van der Waals surface area contributed by atoms with E-state index in [-0.39, 0.29) is 0 Å². The smallest absolute Gasteiger partial charge is 0.0618 e. The predicted molar refractivity (Wildman–Crippen MR) is 95.8 cm³/mol. The molecule has 2 aliphatic heterocycles. The Labute approximate surface area is 146 Å². The van der Waals surface area contributed by atoms with Crippen molar-refractivity contribution in [2.75, 3.05) is 33.4 Å². The van der Waals surface area contributed by atoms with E-state index in [1.807, 2.05) is 25.6 Å². The average molecular weight is 329 g/mol. The summed E-state index contributed by atoms with van der Waals surface area (Å²) in [5.74, 6) is 0. The third kappa shape index (κ3) is 3.37. The number of ether oxygens (including phenoxy) is 1. The molecule has 3 fully saturated rings. The van der Waals surface area contributed by atoms with Crippen LogP contribution in [0.2, 0.25) is 0 Å². The van der Waals surface area contributed by atoms with E-state index in [1.165, 1.54) is 63.7 Å². The van der Waals surface area contributed by atoms with Crippen LogP contribution in [-0.4, -0.2) is 60.2 Å². The van der Waals surface area contributed by atoms with Gasteiger partial charge in [-0.2, -0.15) is 0 Å². The Kier molecular flexibility index (Phi) is 4.88.